The number of aromatic nitrogens is 2. The first-order valence-corrected chi connectivity index (χ1v) is 6.05. The van der Waals surface area contributed by atoms with Crippen molar-refractivity contribution in [3.63, 3.8) is 0 Å². The van der Waals surface area contributed by atoms with Gasteiger partial charge in [0, 0.05) is 24.5 Å². The molecule has 18 heavy (non-hydrogen) atoms. The van der Waals surface area contributed by atoms with Gasteiger partial charge in [-0.2, -0.15) is 0 Å². The molecule has 1 N–H and O–H groups in total. The Morgan fingerprint density at radius 3 is 2.83 bits per heavy atom. The fourth-order valence-electron chi connectivity index (χ4n) is 1.78. The van der Waals surface area contributed by atoms with Crippen LogP contribution in [-0.4, -0.2) is 16.1 Å². The number of pyridine rings is 2. The summed E-state index contributed by atoms with van der Waals surface area (Å²) in [5, 5.41) is 3.14. The van der Waals surface area contributed by atoms with Crippen LogP contribution in [0.15, 0.2) is 41.5 Å². The van der Waals surface area contributed by atoms with Crippen molar-refractivity contribution in [3.05, 3.63) is 58.1 Å². The van der Waals surface area contributed by atoms with E-state index in [-0.39, 0.29) is 5.56 Å². The lowest BCUT2D eigenvalue weighted by atomic mass is 10.2. The van der Waals surface area contributed by atoms with E-state index in [0.717, 1.165) is 23.5 Å². The molecule has 2 rings (SSSR count). The highest BCUT2D eigenvalue weighted by Crippen LogP contribution is 2.05. The number of aryl methyl sites for hydroxylation is 1. The maximum atomic E-state index is 11.9. The Hall–Kier alpha value is -2.10. The van der Waals surface area contributed by atoms with Gasteiger partial charge in [0.05, 0.1) is 6.54 Å². The molecule has 4 heteroatoms. The minimum atomic E-state index is 0.0493. The van der Waals surface area contributed by atoms with Gasteiger partial charge in [-0.15, -0.1) is 0 Å². The Bertz CT molecular complexity index is 572. The third-order valence-electron chi connectivity index (χ3n) is 2.75. The second kappa shape index (κ2) is 5.49. The Kier molecular flexibility index (Phi) is 3.77. The van der Waals surface area contributed by atoms with Crippen molar-refractivity contribution < 1.29 is 0 Å². The first-order chi connectivity index (χ1) is 8.70. The fourth-order valence-corrected chi connectivity index (χ4v) is 1.78. The van der Waals surface area contributed by atoms with Crippen molar-refractivity contribution in [2.24, 2.45) is 0 Å². The summed E-state index contributed by atoms with van der Waals surface area (Å²) >= 11 is 0. The SMILES string of the molecule is CCNc1ccc(Cn2cccc(C)c2=O)cn1. The molecule has 0 unspecified atom stereocenters. The summed E-state index contributed by atoms with van der Waals surface area (Å²) < 4.78 is 1.69. The molecule has 2 aromatic heterocycles. The van der Waals surface area contributed by atoms with E-state index in [1.54, 1.807) is 17.0 Å². The Morgan fingerprint density at radius 1 is 1.33 bits per heavy atom. The maximum absolute atomic E-state index is 11.9. The van der Waals surface area contributed by atoms with E-state index in [9.17, 15) is 4.79 Å². The van der Waals surface area contributed by atoms with E-state index < -0.39 is 0 Å². The summed E-state index contributed by atoms with van der Waals surface area (Å²) in [6.45, 7) is 5.26. The Balaban J connectivity index is 2.18. The molecule has 0 saturated carbocycles. The Labute approximate surface area is 106 Å². The smallest absolute Gasteiger partial charge is 0.253 e. The third kappa shape index (κ3) is 2.77. The van der Waals surface area contributed by atoms with Gasteiger partial charge in [-0.1, -0.05) is 12.1 Å². The monoisotopic (exact) mass is 243 g/mol. The van der Waals surface area contributed by atoms with E-state index in [4.69, 9.17) is 0 Å². The maximum Gasteiger partial charge on any atom is 0.253 e. The van der Waals surface area contributed by atoms with Crippen LogP contribution < -0.4 is 10.9 Å². The van der Waals surface area contributed by atoms with E-state index >= 15 is 0 Å². The normalized spacial score (nSPS) is 10.3. The zero-order chi connectivity index (χ0) is 13.0. The largest absolute Gasteiger partial charge is 0.370 e. The molecule has 0 fully saturated rings. The zero-order valence-corrected chi connectivity index (χ0v) is 10.7. The van der Waals surface area contributed by atoms with Crippen LogP contribution in [0, 0.1) is 6.92 Å². The van der Waals surface area contributed by atoms with Gasteiger partial charge in [-0.3, -0.25) is 4.79 Å². The second-order valence-corrected chi connectivity index (χ2v) is 4.21. The van der Waals surface area contributed by atoms with Crippen LogP contribution in [0.5, 0.6) is 0 Å². The van der Waals surface area contributed by atoms with Crippen molar-refractivity contribution in [1.82, 2.24) is 9.55 Å². The van der Waals surface area contributed by atoms with E-state index in [0.29, 0.717) is 6.54 Å². The molecule has 0 aliphatic carbocycles. The van der Waals surface area contributed by atoms with Gasteiger partial charge >= 0.3 is 0 Å². The third-order valence-corrected chi connectivity index (χ3v) is 2.75. The van der Waals surface area contributed by atoms with Crippen molar-refractivity contribution in [2.75, 3.05) is 11.9 Å². The highest BCUT2D eigenvalue weighted by molar-refractivity contribution is 5.35. The summed E-state index contributed by atoms with van der Waals surface area (Å²) in [4.78, 5) is 16.2. The molecule has 0 atom stereocenters. The quantitative estimate of drug-likeness (QED) is 0.893. The molecule has 0 bridgehead atoms. The molecular formula is C14H17N3O. The van der Waals surface area contributed by atoms with E-state index in [2.05, 4.69) is 10.3 Å². The first-order valence-electron chi connectivity index (χ1n) is 6.05. The molecule has 0 saturated heterocycles. The lowest BCUT2D eigenvalue weighted by molar-refractivity contribution is 0.749. The fraction of sp³-hybridized carbons (Fsp3) is 0.286. The van der Waals surface area contributed by atoms with Crippen molar-refractivity contribution >= 4 is 5.82 Å². The van der Waals surface area contributed by atoms with Gasteiger partial charge in [-0.05, 0) is 31.5 Å². The van der Waals surface area contributed by atoms with E-state index in [1.165, 1.54) is 0 Å². The van der Waals surface area contributed by atoms with Gasteiger partial charge in [-0.25, -0.2) is 4.98 Å². The number of hydrogen-bond donors (Lipinski definition) is 1. The summed E-state index contributed by atoms with van der Waals surface area (Å²) in [7, 11) is 0. The van der Waals surface area contributed by atoms with Crippen molar-refractivity contribution in [3.8, 4) is 0 Å². The minimum absolute atomic E-state index is 0.0493. The van der Waals surface area contributed by atoms with Crippen LogP contribution in [0.1, 0.15) is 18.1 Å². The molecule has 94 valence electrons. The average Bonchev–Trinajstić information content (AvgIpc) is 2.38. The minimum Gasteiger partial charge on any atom is -0.370 e. The molecule has 2 aromatic rings. The van der Waals surface area contributed by atoms with Crippen LogP contribution >= 0.6 is 0 Å². The number of nitrogens with one attached hydrogen (secondary N) is 1. The predicted molar refractivity (Wildman–Crippen MR) is 72.9 cm³/mol. The molecule has 0 aliphatic rings. The standard InChI is InChI=1S/C14H17N3O/c1-3-15-13-7-6-12(9-16-13)10-17-8-4-5-11(2)14(17)18/h4-9H,3,10H2,1-2H3,(H,15,16). The number of nitrogens with zero attached hydrogens (tertiary/aromatic N) is 2. The van der Waals surface area contributed by atoms with Gasteiger partial charge in [0.1, 0.15) is 5.82 Å². The molecule has 0 spiro atoms. The van der Waals surface area contributed by atoms with Crippen LogP contribution in [-0.2, 0) is 6.54 Å². The van der Waals surface area contributed by atoms with Gasteiger partial charge in [0.15, 0.2) is 0 Å². The number of rotatable bonds is 4. The summed E-state index contributed by atoms with van der Waals surface area (Å²) in [6, 6.07) is 7.63. The number of anilines is 1. The van der Waals surface area contributed by atoms with Gasteiger partial charge in [0.2, 0.25) is 0 Å². The molecule has 0 aliphatic heterocycles. The summed E-state index contributed by atoms with van der Waals surface area (Å²) in [5.74, 6) is 0.859. The lowest BCUT2D eigenvalue weighted by Gasteiger charge is -2.07. The number of hydrogen-bond acceptors (Lipinski definition) is 3. The van der Waals surface area contributed by atoms with Crippen LogP contribution in [0.25, 0.3) is 0 Å². The summed E-state index contributed by atoms with van der Waals surface area (Å²) in [6.07, 6.45) is 3.60. The molecule has 0 radical (unpaired) electrons. The van der Waals surface area contributed by atoms with Crippen LogP contribution in [0.2, 0.25) is 0 Å². The first kappa shape index (κ1) is 12.4. The van der Waals surface area contributed by atoms with Crippen LogP contribution in [0.4, 0.5) is 5.82 Å². The summed E-state index contributed by atoms with van der Waals surface area (Å²) in [5.41, 5.74) is 1.83. The van der Waals surface area contributed by atoms with E-state index in [1.807, 2.05) is 38.1 Å². The molecule has 0 amide bonds. The highest BCUT2D eigenvalue weighted by Gasteiger charge is 2.00. The Morgan fingerprint density at radius 2 is 2.17 bits per heavy atom. The average molecular weight is 243 g/mol. The van der Waals surface area contributed by atoms with Crippen molar-refractivity contribution in [2.45, 2.75) is 20.4 Å². The molecule has 4 nitrogen and oxygen atoms in total. The lowest BCUT2D eigenvalue weighted by Crippen LogP contribution is -2.21. The zero-order valence-electron chi connectivity index (χ0n) is 10.7. The molecule has 2 heterocycles. The van der Waals surface area contributed by atoms with Crippen LogP contribution in [0.3, 0.4) is 0 Å². The topological polar surface area (TPSA) is 46.9 Å². The van der Waals surface area contributed by atoms with Gasteiger partial charge < -0.3 is 9.88 Å². The molecule has 0 aromatic carbocycles. The predicted octanol–water partition coefficient (Wildman–Crippen LogP) is 2.03. The highest BCUT2D eigenvalue weighted by atomic mass is 16.1. The molecular weight excluding hydrogens is 226 g/mol. The van der Waals surface area contributed by atoms with Gasteiger partial charge in [0.25, 0.3) is 5.56 Å². The second-order valence-electron chi connectivity index (χ2n) is 4.21. The van der Waals surface area contributed by atoms with Crippen molar-refractivity contribution in [1.29, 1.82) is 0 Å².